The van der Waals surface area contributed by atoms with E-state index in [4.69, 9.17) is 4.74 Å². The number of hydrogen-bond acceptors (Lipinski definition) is 3. The molecule has 92 valence electrons. The predicted octanol–water partition coefficient (Wildman–Crippen LogP) is 3.42. The van der Waals surface area contributed by atoms with Gasteiger partial charge in [0.1, 0.15) is 0 Å². The second-order valence-electron chi connectivity index (χ2n) is 4.45. The van der Waals surface area contributed by atoms with Crippen molar-refractivity contribution in [1.29, 1.82) is 0 Å². The second-order valence-corrected chi connectivity index (χ2v) is 5.71. The lowest BCUT2D eigenvalue weighted by molar-refractivity contribution is 0.0989. The highest BCUT2D eigenvalue weighted by atomic mass is 32.1. The second kappa shape index (κ2) is 7.82. The Morgan fingerprint density at radius 1 is 1.31 bits per heavy atom. The topological polar surface area (TPSA) is 21.3 Å². The molecule has 0 aliphatic heterocycles. The molecule has 0 saturated carbocycles. The fourth-order valence-corrected chi connectivity index (χ4v) is 2.30. The Kier molecular flexibility index (Phi) is 6.69. The van der Waals surface area contributed by atoms with Gasteiger partial charge in [-0.3, -0.25) is 0 Å². The summed E-state index contributed by atoms with van der Waals surface area (Å²) in [5.74, 6) is 0.616. The molecule has 16 heavy (non-hydrogen) atoms. The van der Waals surface area contributed by atoms with Crippen molar-refractivity contribution >= 4 is 11.3 Å². The zero-order valence-corrected chi connectivity index (χ0v) is 11.4. The first kappa shape index (κ1) is 13.7. The highest BCUT2D eigenvalue weighted by molar-refractivity contribution is 7.11. The van der Waals surface area contributed by atoms with Crippen LogP contribution in [0.4, 0.5) is 0 Å². The molecule has 0 atom stereocenters. The van der Waals surface area contributed by atoms with E-state index in [-0.39, 0.29) is 0 Å². The molecule has 0 bridgehead atoms. The normalized spacial score (nSPS) is 11.2. The van der Waals surface area contributed by atoms with Crippen LogP contribution >= 0.6 is 11.3 Å². The van der Waals surface area contributed by atoms with E-state index in [1.54, 1.807) is 0 Å². The Labute approximate surface area is 103 Å². The summed E-state index contributed by atoms with van der Waals surface area (Å²) in [5.41, 5.74) is 0. The lowest BCUT2D eigenvalue weighted by atomic mass is 10.2. The third-order valence-corrected chi connectivity index (χ3v) is 3.20. The fraction of sp³-hybridized carbons (Fsp3) is 0.692. The molecule has 0 aliphatic rings. The lowest BCUT2D eigenvalue weighted by Gasteiger charge is -2.04. The zero-order valence-electron chi connectivity index (χ0n) is 10.6. The van der Waals surface area contributed by atoms with Crippen LogP contribution in [0.3, 0.4) is 0 Å². The van der Waals surface area contributed by atoms with Crippen molar-refractivity contribution in [2.45, 2.75) is 40.3 Å². The number of rotatable bonds is 8. The molecular formula is C13H23NOS. The maximum atomic E-state index is 5.61. The van der Waals surface area contributed by atoms with Gasteiger partial charge in [0, 0.05) is 22.9 Å². The maximum Gasteiger partial charge on any atom is 0.0809 e. The molecule has 0 aromatic carbocycles. The number of nitrogens with one attached hydrogen (secondary N) is 1. The summed E-state index contributed by atoms with van der Waals surface area (Å²) in [5, 5.41) is 3.41. The molecule has 0 spiro atoms. The molecule has 1 N–H and O–H groups in total. The number of hydrogen-bond donors (Lipinski definition) is 1. The first-order valence-corrected chi connectivity index (χ1v) is 6.90. The minimum absolute atomic E-state index is 0.616. The van der Waals surface area contributed by atoms with Gasteiger partial charge < -0.3 is 10.1 Å². The van der Waals surface area contributed by atoms with E-state index in [0.717, 1.165) is 26.3 Å². The maximum absolute atomic E-state index is 5.61. The summed E-state index contributed by atoms with van der Waals surface area (Å²) < 4.78 is 5.61. The van der Waals surface area contributed by atoms with E-state index in [0.29, 0.717) is 5.92 Å². The van der Waals surface area contributed by atoms with Gasteiger partial charge in [-0.25, -0.2) is 0 Å². The van der Waals surface area contributed by atoms with Crippen LogP contribution < -0.4 is 5.32 Å². The Balaban J connectivity index is 2.22. The van der Waals surface area contributed by atoms with Crippen molar-refractivity contribution in [2.24, 2.45) is 5.92 Å². The molecule has 0 fully saturated rings. The van der Waals surface area contributed by atoms with Crippen LogP contribution in [0.5, 0.6) is 0 Å². The van der Waals surface area contributed by atoms with Crippen molar-refractivity contribution in [1.82, 2.24) is 5.32 Å². The van der Waals surface area contributed by atoms with Crippen LogP contribution in [0.25, 0.3) is 0 Å². The van der Waals surface area contributed by atoms with Gasteiger partial charge in [-0.05, 0) is 31.0 Å². The number of thiophene rings is 1. The first-order chi connectivity index (χ1) is 7.72. The van der Waals surface area contributed by atoms with Gasteiger partial charge in [0.2, 0.25) is 0 Å². The molecule has 0 radical (unpaired) electrons. The number of ether oxygens (including phenoxy) is 1. The van der Waals surface area contributed by atoms with Gasteiger partial charge in [-0.15, -0.1) is 11.3 Å². The van der Waals surface area contributed by atoms with E-state index in [1.165, 1.54) is 16.2 Å². The Morgan fingerprint density at radius 2 is 2.06 bits per heavy atom. The van der Waals surface area contributed by atoms with Crippen molar-refractivity contribution in [3.63, 3.8) is 0 Å². The van der Waals surface area contributed by atoms with E-state index in [9.17, 15) is 0 Å². The predicted molar refractivity (Wildman–Crippen MR) is 70.8 cm³/mol. The van der Waals surface area contributed by atoms with E-state index < -0.39 is 0 Å². The molecule has 1 heterocycles. The molecule has 0 amide bonds. The Hall–Kier alpha value is -0.380. The minimum atomic E-state index is 0.616. The van der Waals surface area contributed by atoms with Crippen molar-refractivity contribution < 1.29 is 4.74 Å². The quantitative estimate of drug-likeness (QED) is 0.704. The summed E-state index contributed by atoms with van der Waals surface area (Å²) in [6, 6.07) is 4.37. The summed E-state index contributed by atoms with van der Waals surface area (Å²) in [6.45, 7) is 10.2. The van der Waals surface area contributed by atoms with Crippen LogP contribution in [-0.2, 0) is 17.9 Å². The summed E-state index contributed by atoms with van der Waals surface area (Å²) in [7, 11) is 0. The van der Waals surface area contributed by atoms with Crippen LogP contribution in [0.15, 0.2) is 12.1 Å². The lowest BCUT2D eigenvalue weighted by Crippen LogP contribution is -2.12. The molecule has 3 heteroatoms. The van der Waals surface area contributed by atoms with Crippen LogP contribution in [0.1, 0.15) is 36.9 Å². The summed E-state index contributed by atoms with van der Waals surface area (Å²) in [4.78, 5) is 2.73. The molecule has 0 aliphatic carbocycles. The Bertz CT molecular complexity index is 283. The zero-order chi connectivity index (χ0) is 11.8. The van der Waals surface area contributed by atoms with Gasteiger partial charge >= 0.3 is 0 Å². The standard InChI is InChI=1S/C13H23NOS/c1-4-7-14-8-12-5-6-13(16-12)10-15-9-11(2)3/h5-6,11,14H,4,7-10H2,1-3H3. The van der Waals surface area contributed by atoms with Gasteiger partial charge in [-0.2, -0.15) is 0 Å². The highest BCUT2D eigenvalue weighted by Gasteiger charge is 2.01. The van der Waals surface area contributed by atoms with Gasteiger partial charge in [0.05, 0.1) is 6.61 Å². The van der Waals surface area contributed by atoms with E-state index in [1.807, 2.05) is 11.3 Å². The van der Waals surface area contributed by atoms with Crippen molar-refractivity contribution in [3.05, 3.63) is 21.9 Å². The van der Waals surface area contributed by atoms with Gasteiger partial charge in [-0.1, -0.05) is 20.8 Å². The average molecular weight is 241 g/mol. The van der Waals surface area contributed by atoms with Crippen molar-refractivity contribution in [2.75, 3.05) is 13.2 Å². The molecule has 2 nitrogen and oxygen atoms in total. The molecule has 1 rings (SSSR count). The molecular weight excluding hydrogens is 218 g/mol. The average Bonchev–Trinajstić information content (AvgIpc) is 2.66. The summed E-state index contributed by atoms with van der Waals surface area (Å²) in [6.07, 6.45) is 1.19. The van der Waals surface area contributed by atoms with E-state index in [2.05, 4.69) is 38.2 Å². The highest BCUT2D eigenvalue weighted by Crippen LogP contribution is 2.17. The molecule has 0 saturated heterocycles. The van der Waals surface area contributed by atoms with Gasteiger partial charge in [0.15, 0.2) is 0 Å². The minimum Gasteiger partial charge on any atom is -0.376 e. The molecule has 0 unspecified atom stereocenters. The third-order valence-electron chi connectivity index (χ3n) is 2.14. The molecule has 1 aromatic rings. The van der Waals surface area contributed by atoms with Gasteiger partial charge in [0.25, 0.3) is 0 Å². The Morgan fingerprint density at radius 3 is 2.75 bits per heavy atom. The summed E-state index contributed by atoms with van der Waals surface area (Å²) >= 11 is 1.85. The first-order valence-electron chi connectivity index (χ1n) is 6.08. The van der Waals surface area contributed by atoms with Crippen molar-refractivity contribution in [3.8, 4) is 0 Å². The smallest absolute Gasteiger partial charge is 0.0809 e. The fourth-order valence-electron chi connectivity index (χ4n) is 1.38. The van der Waals surface area contributed by atoms with Crippen LogP contribution in [0.2, 0.25) is 0 Å². The largest absolute Gasteiger partial charge is 0.376 e. The van der Waals surface area contributed by atoms with Crippen LogP contribution in [0, 0.1) is 5.92 Å². The van der Waals surface area contributed by atoms with E-state index >= 15 is 0 Å². The molecule has 1 aromatic heterocycles. The monoisotopic (exact) mass is 241 g/mol. The van der Waals surface area contributed by atoms with Crippen LogP contribution in [-0.4, -0.2) is 13.2 Å². The third kappa shape index (κ3) is 5.64. The SMILES string of the molecule is CCCNCc1ccc(COCC(C)C)s1.